The van der Waals surface area contributed by atoms with E-state index in [1.807, 2.05) is 0 Å². The number of epoxide rings is 1. The Morgan fingerprint density at radius 3 is 2.70 bits per heavy atom. The topological polar surface area (TPSA) is 21.8 Å². The fourth-order valence-corrected chi connectivity index (χ4v) is 4.86. The van der Waals surface area contributed by atoms with E-state index >= 15 is 0 Å². The van der Waals surface area contributed by atoms with Crippen molar-refractivity contribution in [1.29, 1.82) is 0 Å². The first-order chi connectivity index (χ1) is 9.34. The van der Waals surface area contributed by atoms with E-state index in [4.69, 9.17) is 9.47 Å². The summed E-state index contributed by atoms with van der Waals surface area (Å²) in [5, 5.41) is 0. The zero-order valence-electron chi connectivity index (χ0n) is 13.6. The highest BCUT2D eigenvalue weighted by Crippen LogP contribution is 2.58. The Balaban J connectivity index is 1.60. The predicted molar refractivity (Wildman–Crippen MR) is 81.7 cm³/mol. The van der Waals surface area contributed by atoms with Gasteiger partial charge in [0, 0.05) is 0 Å². The van der Waals surface area contributed by atoms with Crippen molar-refractivity contribution in [1.82, 2.24) is 0 Å². The molecule has 0 aromatic rings. The van der Waals surface area contributed by atoms with E-state index in [1.54, 1.807) is 0 Å². The Hall–Kier alpha value is -0.340. The summed E-state index contributed by atoms with van der Waals surface area (Å²) in [6.07, 6.45) is 7.17. The number of rotatable bonds is 4. The lowest BCUT2D eigenvalue weighted by Gasteiger charge is -2.43. The normalized spacial score (nSPS) is 44.2. The Kier molecular flexibility index (Phi) is 3.53. The maximum absolute atomic E-state index is 6.18. The lowest BCUT2D eigenvalue weighted by molar-refractivity contribution is -0.0296. The molecule has 1 saturated heterocycles. The molecular weight excluding hydrogens is 248 g/mol. The van der Waals surface area contributed by atoms with Crippen molar-refractivity contribution in [2.75, 3.05) is 6.61 Å². The van der Waals surface area contributed by atoms with Crippen molar-refractivity contribution >= 4 is 0 Å². The Bertz CT molecular complexity index is 400. The summed E-state index contributed by atoms with van der Waals surface area (Å²) in [7, 11) is 0. The molecule has 3 fully saturated rings. The third kappa shape index (κ3) is 2.35. The number of hydrogen-bond donors (Lipinski definition) is 0. The van der Waals surface area contributed by atoms with Crippen molar-refractivity contribution in [3.8, 4) is 0 Å². The molecule has 0 N–H and O–H groups in total. The minimum atomic E-state index is 0.0426. The third-order valence-corrected chi connectivity index (χ3v) is 6.36. The molecule has 2 heteroatoms. The van der Waals surface area contributed by atoms with Crippen LogP contribution in [0.4, 0.5) is 0 Å². The van der Waals surface area contributed by atoms with Gasteiger partial charge in [-0.1, -0.05) is 19.1 Å². The minimum absolute atomic E-state index is 0.0426. The smallest absolute Gasteiger partial charge is 0.110 e. The largest absolute Gasteiger partial charge is 0.375 e. The van der Waals surface area contributed by atoms with Gasteiger partial charge in [-0.15, -0.1) is 0 Å². The van der Waals surface area contributed by atoms with Gasteiger partial charge < -0.3 is 9.47 Å². The molecule has 2 saturated carbocycles. The first-order valence-corrected chi connectivity index (χ1v) is 8.31. The zero-order valence-corrected chi connectivity index (χ0v) is 13.6. The van der Waals surface area contributed by atoms with Gasteiger partial charge in [0.15, 0.2) is 0 Å². The van der Waals surface area contributed by atoms with E-state index in [1.165, 1.54) is 37.7 Å². The summed E-state index contributed by atoms with van der Waals surface area (Å²) < 4.78 is 11.8. The van der Waals surface area contributed by atoms with Gasteiger partial charge in [0.2, 0.25) is 0 Å². The molecule has 1 aliphatic heterocycles. The van der Waals surface area contributed by atoms with Crippen molar-refractivity contribution in [2.24, 2.45) is 17.3 Å². The lowest BCUT2D eigenvalue weighted by atomic mass is 9.63. The summed E-state index contributed by atoms with van der Waals surface area (Å²) in [4.78, 5) is 0. The molecule has 0 bridgehead atoms. The fraction of sp³-hybridized carbons (Fsp3) is 0.889. The third-order valence-electron chi connectivity index (χ3n) is 6.36. The predicted octanol–water partition coefficient (Wildman–Crippen LogP) is 4.34. The first-order valence-electron chi connectivity index (χ1n) is 8.31. The second kappa shape index (κ2) is 4.84. The molecule has 0 amide bonds. The standard InChI is InChI=1S/C18H30O2/c1-12-7-6-10-18(5)14(12)8-9-15(18)13(2)19-11-16-17(3,4)20-16/h13-16H,1,6-11H2,2-5H3/t13-,14?,15?,16?,18-/m0/s1. The molecule has 114 valence electrons. The van der Waals surface area contributed by atoms with Crippen LogP contribution in [0.2, 0.25) is 0 Å². The van der Waals surface area contributed by atoms with E-state index in [2.05, 4.69) is 34.3 Å². The highest BCUT2D eigenvalue weighted by Gasteiger charge is 2.52. The van der Waals surface area contributed by atoms with Crippen LogP contribution in [0, 0.1) is 17.3 Å². The zero-order chi connectivity index (χ0) is 14.5. The van der Waals surface area contributed by atoms with Gasteiger partial charge in [-0.2, -0.15) is 0 Å². The first kappa shape index (κ1) is 14.6. The fourth-order valence-electron chi connectivity index (χ4n) is 4.86. The average Bonchev–Trinajstić information content (AvgIpc) is 2.80. The van der Waals surface area contributed by atoms with E-state index in [0.717, 1.165) is 12.5 Å². The minimum Gasteiger partial charge on any atom is -0.375 e. The Morgan fingerprint density at radius 2 is 2.05 bits per heavy atom. The molecule has 0 spiro atoms. The molecule has 0 aromatic heterocycles. The molecular formula is C18H30O2. The van der Waals surface area contributed by atoms with Crippen LogP contribution in [-0.2, 0) is 9.47 Å². The van der Waals surface area contributed by atoms with Gasteiger partial charge in [-0.05, 0) is 70.1 Å². The van der Waals surface area contributed by atoms with Crippen LogP contribution < -0.4 is 0 Å². The highest BCUT2D eigenvalue weighted by atomic mass is 16.6. The number of ether oxygens (including phenoxy) is 2. The van der Waals surface area contributed by atoms with Gasteiger partial charge >= 0.3 is 0 Å². The molecule has 3 rings (SSSR count). The summed E-state index contributed by atoms with van der Waals surface area (Å²) in [5.41, 5.74) is 1.97. The Morgan fingerprint density at radius 1 is 1.35 bits per heavy atom. The molecule has 5 atom stereocenters. The molecule has 3 aliphatic rings. The molecule has 3 unspecified atom stereocenters. The maximum atomic E-state index is 6.18. The molecule has 0 radical (unpaired) electrons. The van der Waals surface area contributed by atoms with Crippen molar-refractivity contribution in [3.63, 3.8) is 0 Å². The van der Waals surface area contributed by atoms with Crippen molar-refractivity contribution < 1.29 is 9.47 Å². The van der Waals surface area contributed by atoms with Crippen LogP contribution in [0.5, 0.6) is 0 Å². The van der Waals surface area contributed by atoms with Crippen molar-refractivity contribution in [3.05, 3.63) is 12.2 Å². The van der Waals surface area contributed by atoms with Gasteiger partial charge in [0.1, 0.15) is 6.10 Å². The van der Waals surface area contributed by atoms with Crippen LogP contribution in [0.25, 0.3) is 0 Å². The summed E-state index contributed by atoms with van der Waals surface area (Å²) in [6, 6.07) is 0. The van der Waals surface area contributed by atoms with Crippen molar-refractivity contribution in [2.45, 2.75) is 77.6 Å². The van der Waals surface area contributed by atoms with Gasteiger partial charge in [-0.3, -0.25) is 0 Å². The quantitative estimate of drug-likeness (QED) is 0.563. The maximum Gasteiger partial charge on any atom is 0.110 e. The molecule has 2 aliphatic carbocycles. The van der Waals surface area contributed by atoms with Crippen LogP contribution in [-0.4, -0.2) is 24.4 Å². The highest BCUT2D eigenvalue weighted by molar-refractivity contribution is 5.15. The van der Waals surface area contributed by atoms with Gasteiger partial charge in [-0.25, -0.2) is 0 Å². The number of allylic oxidation sites excluding steroid dienone is 1. The van der Waals surface area contributed by atoms with Crippen LogP contribution in [0.15, 0.2) is 12.2 Å². The molecule has 20 heavy (non-hydrogen) atoms. The SMILES string of the molecule is C=C1CCC[C@@]2(C)C1CCC2[C@H](C)OCC1OC1(C)C. The average molecular weight is 278 g/mol. The summed E-state index contributed by atoms with van der Waals surface area (Å²) >= 11 is 0. The van der Waals surface area contributed by atoms with E-state index in [0.29, 0.717) is 23.5 Å². The van der Waals surface area contributed by atoms with Gasteiger partial charge in [0.05, 0.1) is 18.3 Å². The monoisotopic (exact) mass is 278 g/mol. The van der Waals surface area contributed by atoms with E-state index < -0.39 is 0 Å². The van der Waals surface area contributed by atoms with Gasteiger partial charge in [0.25, 0.3) is 0 Å². The van der Waals surface area contributed by atoms with E-state index in [-0.39, 0.29) is 5.60 Å². The summed E-state index contributed by atoms with van der Waals surface area (Å²) in [5.74, 6) is 1.42. The number of hydrogen-bond acceptors (Lipinski definition) is 2. The second-order valence-corrected chi connectivity index (χ2v) is 8.00. The van der Waals surface area contributed by atoms with Crippen LogP contribution >= 0.6 is 0 Å². The summed E-state index contributed by atoms with van der Waals surface area (Å²) in [6.45, 7) is 14.1. The molecule has 2 nitrogen and oxygen atoms in total. The second-order valence-electron chi connectivity index (χ2n) is 8.00. The molecule has 1 heterocycles. The van der Waals surface area contributed by atoms with E-state index in [9.17, 15) is 0 Å². The molecule has 0 aromatic carbocycles. The van der Waals surface area contributed by atoms with Crippen LogP contribution in [0.3, 0.4) is 0 Å². The Labute approximate surface area is 123 Å². The number of fused-ring (bicyclic) bond motifs is 1. The lowest BCUT2D eigenvalue weighted by Crippen LogP contribution is -2.39. The van der Waals surface area contributed by atoms with Crippen LogP contribution in [0.1, 0.15) is 59.8 Å².